The Morgan fingerprint density at radius 2 is 1.75 bits per heavy atom. The lowest BCUT2D eigenvalue weighted by Crippen LogP contribution is -2.28. The second-order valence-corrected chi connectivity index (χ2v) is 8.43. The van der Waals surface area contributed by atoms with Gasteiger partial charge in [-0.1, -0.05) is 12.8 Å². The van der Waals surface area contributed by atoms with Crippen LogP contribution in [0.15, 0.2) is 29.2 Å². The normalized spacial score (nSPS) is 15.4. The largest absolute Gasteiger partial charge is 0.481 e. The van der Waals surface area contributed by atoms with E-state index in [0.717, 1.165) is 12.8 Å². The van der Waals surface area contributed by atoms with Crippen molar-refractivity contribution in [2.24, 2.45) is 0 Å². The van der Waals surface area contributed by atoms with Crippen LogP contribution in [-0.2, 0) is 14.6 Å². The van der Waals surface area contributed by atoms with Gasteiger partial charge in [-0.25, -0.2) is 8.42 Å². The van der Waals surface area contributed by atoms with E-state index in [1.165, 1.54) is 29.2 Å². The number of carbonyl (C=O) groups is 2. The second-order valence-electron chi connectivity index (χ2n) is 6.20. The fraction of sp³-hybridized carbons (Fsp3) is 0.529. The predicted octanol–water partition coefficient (Wildman–Crippen LogP) is 2.34. The van der Waals surface area contributed by atoms with Gasteiger partial charge in [0.1, 0.15) is 0 Å². The number of carbonyl (C=O) groups excluding carboxylic acids is 1. The molecular weight excluding hydrogens is 330 g/mol. The van der Waals surface area contributed by atoms with Crippen molar-refractivity contribution in [1.82, 2.24) is 4.90 Å². The molecule has 1 aromatic carbocycles. The van der Waals surface area contributed by atoms with Gasteiger partial charge in [-0.2, -0.15) is 0 Å². The smallest absolute Gasteiger partial charge is 0.303 e. The molecule has 0 radical (unpaired) electrons. The number of aliphatic carboxylic acids is 1. The van der Waals surface area contributed by atoms with Crippen molar-refractivity contribution in [2.75, 3.05) is 13.6 Å². The first-order valence-corrected chi connectivity index (χ1v) is 9.68. The van der Waals surface area contributed by atoms with Crippen LogP contribution in [-0.4, -0.2) is 49.1 Å². The summed E-state index contributed by atoms with van der Waals surface area (Å²) in [7, 11) is -1.71. The van der Waals surface area contributed by atoms with Crippen LogP contribution in [0, 0.1) is 0 Å². The summed E-state index contributed by atoms with van der Waals surface area (Å²) in [6.45, 7) is 0.341. The molecule has 0 aliphatic heterocycles. The Balaban J connectivity index is 2.03. The maximum absolute atomic E-state index is 12.5. The van der Waals surface area contributed by atoms with Gasteiger partial charge in [-0.3, -0.25) is 9.59 Å². The molecule has 0 spiro atoms. The van der Waals surface area contributed by atoms with E-state index >= 15 is 0 Å². The molecule has 6 nitrogen and oxygen atoms in total. The van der Waals surface area contributed by atoms with Crippen LogP contribution in [0.4, 0.5) is 0 Å². The minimum Gasteiger partial charge on any atom is -0.481 e. The van der Waals surface area contributed by atoms with Crippen molar-refractivity contribution in [1.29, 1.82) is 0 Å². The third-order valence-electron chi connectivity index (χ3n) is 4.40. The van der Waals surface area contributed by atoms with E-state index < -0.39 is 15.8 Å². The zero-order valence-electron chi connectivity index (χ0n) is 13.8. The third-order valence-corrected chi connectivity index (χ3v) is 6.68. The van der Waals surface area contributed by atoms with Crippen LogP contribution in [0.1, 0.15) is 48.9 Å². The maximum Gasteiger partial charge on any atom is 0.303 e. The SMILES string of the molecule is CN(CCCC(=O)O)C(=O)c1ccc(S(=O)(=O)C2CCCC2)cc1. The number of nitrogens with zero attached hydrogens (tertiary/aromatic N) is 1. The zero-order chi connectivity index (χ0) is 17.7. The van der Waals surface area contributed by atoms with Crippen LogP contribution in [0.5, 0.6) is 0 Å². The second kappa shape index (κ2) is 7.79. The minimum absolute atomic E-state index is 0.0101. The monoisotopic (exact) mass is 353 g/mol. The topological polar surface area (TPSA) is 91.8 Å². The van der Waals surface area contributed by atoms with Gasteiger partial charge in [0.25, 0.3) is 5.91 Å². The van der Waals surface area contributed by atoms with Gasteiger partial charge in [0.2, 0.25) is 0 Å². The lowest BCUT2D eigenvalue weighted by molar-refractivity contribution is -0.137. The van der Waals surface area contributed by atoms with Crippen LogP contribution in [0.2, 0.25) is 0 Å². The van der Waals surface area contributed by atoms with E-state index in [1.807, 2.05) is 0 Å². The van der Waals surface area contributed by atoms with Crippen LogP contribution in [0.25, 0.3) is 0 Å². The number of carboxylic acids is 1. The molecule has 0 saturated heterocycles. The lowest BCUT2D eigenvalue weighted by atomic mass is 10.2. The average Bonchev–Trinajstić information content (AvgIpc) is 3.09. The predicted molar refractivity (Wildman–Crippen MR) is 89.7 cm³/mol. The first kappa shape index (κ1) is 18.4. The first-order valence-electron chi connectivity index (χ1n) is 8.13. The van der Waals surface area contributed by atoms with Gasteiger partial charge in [0.15, 0.2) is 9.84 Å². The minimum atomic E-state index is -3.32. The first-order chi connectivity index (χ1) is 11.3. The Morgan fingerprint density at radius 1 is 1.17 bits per heavy atom. The Morgan fingerprint density at radius 3 is 2.29 bits per heavy atom. The molecule has 0 atom stereocenters. The summed E-state index contributed by atoms with van der Waals surface area (Å²) >= 11 is 0. The molecule has 0 bridgehead atoms. The summed E-state index contributed by atoms with van der Waals surface area (Å²) in [5.74, 6) is -1.14. The summed E-state index contributed by atoms with van der Waals surface area (Å²) in [6, 6.07) is 6.04. The van der Waals surface area contributed by atoms with Crippen molar-refractivity contribution in [3.05, 3.63) is 29.8 Å². The quantitative estimate of drug-likeness (QED) is 0.812. The maximum atomic E-state index is 12.5. The van der Waals surface area contributed by atoms with Crippen molar-refractivity contribution in [3.8, 4) is 0 Å². The summed E-state index contributed by atoms with van der Waals surface area (Å²) in [6.07, 6.45) is 3.69. The lowest BCUT2D eigenvalue weighted by Gasteiger charge is -2.17. The van der Waals surface area contributed by atoms with E-state index in [1.54, 1.807) is 7.05 Å². The standard InChI is InChI=1S/C17H23NO5S/c1-18(12-4-7-16(19)20)17(21)13-8-10-15(11-9-13)24(22,23)14-5-2-3-6-14/h8-11,14H,2-7,12H2,1H3,(H,19,20). The average molecular weight is 353 g/mol. The van der Waals surface area contributed by atoms with Gasteiger partial charge >= 0.3 is 5.97 Å². The van der Waals surface area contributed by atoms with Gasteiger partial charge in [0, 0.05) is 25.6 Å². The molecule has 1 aromatic rings. The molecule has 7 heteroatoms. The van der Waals surface area contributed by atoms with E-state index in [2.05, 4.69) is 0 Å². The van der Waals surface area contributed by atoms with Crippen molar-refractivity contribution < 1.29 is 23.1 Å². The molecule has 1 N–H and O–H groups in total. The van der Waals surface area contributed by atoms with Crippen molar-refractivity contribution in [2.45, 2.75) is 48.7 Å². The molecule has 0 aromatic heterocycles. The summed E-state index contributed by atoms with van der Waals surface area (Å²) in [5, 5.41) is 8.31. The van der Waals surface area contributed by atoms with E-state index in [9.17, 15) is 18.0 Å². The molecule has 1 aliphatic carbocycles. The number of amides is 1. The number of sulfone groups is 1. The Kier molecular flexibility index (Phi) is 5.99. The van der Waals surface area contributed by atoms with Gasteiger partial charge in [-0.15, -0.1) is 0 Å². The van der Waals surface area contributed by atoms with Crippen LogP contribution >= 0.6 is 0 Å². The molecule has 132 valence electrons. The number of hydrogen-bond donors (Lipinski definition) is 1. The fourth-order valence-electron chi connectivity index (χ4n) is 2.97. The molecule has 0 heterocycles. The van der Waals surface area contributed by atoms with E-state index in [0.29, 0.717) is 31.4 Å². The third kappa shape index (κ3) is 4.35. The Labute approximate surface area is 142 Å². The highest BCUT2D eigenvalue weighted by Gasteiger charge is 2.30. The molecule has 1 aliphatic rings. The Hall–Kier alpha value is -1.89. The number of rotatable bonds is 7. The van der Waals surface area contributed by atoms with Crippen LogP contribution < -0.4 is 0 Å². The highest BCUT2D eigenvalue weighted by Crippen LogP contribution is 2.29. The van der Waals surface area contributed by atoms with Crippen LogP contribution in [0.3, 0.4) is 0 Å². The highest BCUT2D eigenvalue weighted by atomic mass is 32.2. The molecular formula is C17H23NO5S. The molecule has 0 unspecified atom stereocenters. The highest BCUT2D eigenvalue weighted by molar-refractivity contribution is 7.92. The molecule has 1 amide bonds. The number of benzene rings is 1. The Bertz CT molecular complexity index is 690. The molecule has 2 rings (SSSR count). The number of carboxylic acid groups (broad SMARTS) is 1. The summed E-state index contributed by atoms with van der Waals surface area (Å²) in [4.78, 5) is 24.5. The summed E-state index contributed by atoms with van der Waals surface area (Å²) < 4.78 is 25.0. The van der Waals surface area contributed by atoms with E-state index in [4.69, 9.17) is 5.11 Å². The summed E-state index contributed by atoms with van der Waals surface area (Å²) in [5.41, 5.74) is 0.401. The van der Waals surface area contributed by atoms with Gasteiger partial charge in [0.05, 0.1) is 10.1 Å². The van der Waals surface area contributed by atoms with Crippen molar-refractivity contribution >= 4 is 21.7 Å². The fourth-order valence-corrected chi connectivity index (χ4v) is 4.82. The van der Waals surface area contributed by atoms with Crippen molar-refractivity contribution in [3.63, 3.8) is 0 Å². The molecule has 24 heavy (non-hydrogen) atoms. The van der Waals surface area contributed by atoms with Gasteiger partial charge < -0.3 is 10.0 Å². The molecule has 1 fully saturated rings. The molecule has 1 saturated carbocycles. The number of hydrogen-bond acceptors (Lipinski definition) is 4. The van der Waals surface area contributed by atoms with E-state index in [-0.39, 0.29) is 22.5 Å². The zero-order valence-corrected chi connectivity index (χ0v) is 14.6. The van der Waals surface area contributed by atoms with Gasteiger partial charge in [-0.05, 0) is 43.5 Å².